The molecule has 0 amide bonds. The van der Waals surface area contributed by atoms with Crippen molar-refractivity contribution in [2.75, 3.05) is 6.61 Å². The maximum absolute atomic E-state index is 12.5. The van der Waals surface area contributed by atoms with Gasteiger partial charge >= 0.3 is 12.0 Å². The van der Waals surface area contributed by atoms with Crippen LogP contribution in [0.3, 0.4) is 0 Å². The predicted molar refractivity (Wildman–Crippen MR) is 56.6 cm³/mol. The molecule has 1 aromatic rings. The van der Waals surface area contributed by atoms with Gasteiger partial charge in [0.05, 0.1) is 11.0 Å². The molecule has 0 radical (unpaired) electrons. The van der Waals surface area contributed by atoms with Crippen LogP contribution in [-0.4, -0.2) is 18.6 Å². The number of carbonyl (C=O) groups is 2. The van der Waals surface area contributed by atoms with E-state index in [0.29, 0.717) is 5.56 Å². The van der Waals surface area contributed by atoms with E-state index in [0.717, 1.165) is 0 Å². The fraction of sp³-hybridized carbons (Fsp3) is 0.333. The number of hydrogen-bond donors (Lipinski definition) is 0. The minimum atomic E-state index is -1.49. The summed E-state index contributed by atoms with van der Waals surface area (Å²) in [4.78, 5) is 22.0. The molecular weight excluding hydrogens is 211 g/mol. The van der Waals surface area contributed by atoms with Crippen molar-refractivity contribution in [3.63, 3.8) is 0 Å². The number of benzene rings is 1. The molecule has 0 atom stereocenters. The van der Waals surface area contributed by atoms with Crippen molar-refractivity contribution in [3.8, 4) is 0 Å². The minimum Gasteiger partial charge on any atom is -0.461 e. The van der Waals surface area contributed by atoms with Crippen molar-refractivity contribution in [1.82, 2.24) is 0 Å². The third-order valence-corrected chi connectivity index (χ3v) is 2.11. The van der Waals surface area contributed by atoms with Gasteiger partial charge in [-0.25, -0.2) is 4.79 Å². The molecule has 0 saturated carbocycles. The Bertz CT molecular complexity index is 385. The van der Waals surface area contributed by atoms with Crippen LogP contribution in [0, 0.1) is 5.41 Å². The molecular formula is C12H13FO3. The first-order valence-electron chi connectivity index (χ1n) is 4.85. The third-order valence-electron chi connectivity index (χ3n) is 2.11. The molecule has 0 spiro atoms. The van der Waals surface area contributed by atoms with Gasteiger partial charge in [-0.05, 0) is 26.0 Å². The Hall–Kier alpha value is -1.71. The van der Waals surface area contributed by atoms with Gasteiger partial charge in [-0.1, -0.05) is 18.2 Å². The Morgan fingerprint density at radius 2 is 1.81 bits per heavy atom. The minimum absolute atomic E-state index is 0.268. The van der Waals surface area contributed by atoms with E-state index >= 15 is 0 Å². The second kappa shape index (κ2) is 4.88. The van der Waals surface area contributed by atoms with E-state index in [4.69, 9.17) is 4.74 Å². The Kier molecular flexibility index (Phi) is 3.77. The number of rotatable bonds is 4. The second-order valence-corrected chi connectivity index (χ2v) is 4.10. The van der Waals surface area contributed by atoms with Crippen LogP contribution in [0.4, 0.5) is 4.39 Å². The zero-order valence-corrected chi connectivity index (χ0v) is 9.20. The molecule has 0 fully saturated rings. The van der Waals surface area contributed by atoms with Crippen molar-refractivity contribution < 1.29 is 18.7 Å². The summed E-state index contributed by atoms with van der Waals surface area (Å²) in [6.07, 6.45) is 0. The van der Waals surface area contributed by atoms with E-state index in [1.807, 2.05) is 0 Å². The summed E-state index contributed by atoms with van der Waals surface area (Å²) in [5.74, 6) is -0.560. The summed E-state index contributed by atoms with van der Waals surface area (Å²) in [5, 5.41) is 0. The maximum atomic E-state index is 12.5. The molecule has 1 rings (SSSR count). The first-order chi connectivity index (χ1) is 7.43. The van der Waals surface area contributed by atoms with E-state index < -0.39 is 17.4 Å². The lowest BCUT2D eigenvalue weighted by atomic mass is 9.96. The summed E-state index contributed by atoms with van der Waals surface area (Å²) in [7, 11) is 0. The number of hydrogen-bond acceptors (Lipinski definition) is 3. The Balaban J connectivity index is 2.58. The molecule has 86 valence electrons. The fourth-order valence-corrected chi connectivity index (χ4v) is 0.960. The number of halogens is 1. The highest BCUT2D eigenvalue weighted by Crippen LogP contribution is 2.18. The summed E-state index contributed by atoms with van der Waals surface area (Å²) in [6, 6.07) is 6.85. The summed E-state index contributed by atoms with van der Waals surface area (Å²) in [6.45, 7) is 2.50. The van der Waals surface area contributed by atoms with Gasteiger partial charge < -0.3 is 4.74 Å². The van der Waals surface area contributed by atoms with Gasteiger partial charge in [-0.15, -0.1) is 0 Å². The monoisotopic (exact) mass is 224 g/mol. The lowest BCUT2D eigenvalue weighted by Gasteiger charge is -2.17. The second-order valence-electron chi connectivity index (χ2n) is 4.10. The van der Waals surface area contributed by atoms with Crippen LogP contribution in [0.15, 0.2) is 30.3 Å². The maximum Gasteiger partial charge on any atom is 0.338 e. The predicted octanol–water partition coefficient (Wildman–Crippen LogP) is 2.37. The van der Waals surface area contributed by atoms with Crippen molar-refractivity contribution in [3.05, 3.63) is 35.9 Å². The zero-order valence-electron chi connectivity index (χ0n) is 9.20. The number of carbonyl (C=O) groups excluding carboxylic acids is 2. The molecule has 0 heterocycles. The summed E-state index contributed by atoms with van der Waals surface area (Å²) < 4.78 is 17.4. The molecule has 3 nitrogen and oxygen atoms in total. The van der Waals surface area contributed by atoms with Crippen molar-refractivity contribution in [1.29, 1.82) is 0 Å². The van der Waals surface area contributed by atoms with E-state index in [2.05, 4.69) is 0 Å². The molecule has 4 heteroatoms. The van der Waals surface area contributed by atoms with Crippen LogP contribution in [0.1, 0.15) is 24.2 Å². The van der Waals surface area contributed by atoms with Crippen LogP contribution in [-0.2, 0) is 9.53 Å². The van der Waals surface area contributed by atoms with Crippen LogP contribution >= 0.6 is 0 Å². The van der Waals surface area contributed by atoms with Gasteiger partial charge in [0, 0.05) is 0 Å². The van der Waals surface area contributed by atoms with E-state index in [1.54, 1.807) is 30.3 Å². The average molecular weight is 224 g/mol. The number of ether oxygens (including phenoxy) is 1. The Morgan fingerprint density at radius 1 is 1.25 bits per heavy atom. The van der Waals surface area contributed by atoms with E-state index in [9.17, 15) is 14.0 Å². The van der Waals surface area contributed by atoms with Crippen molar-refractivity contribution >= 4 is 12.0 Å². The molecule has 0 aliphatic carbocycles. The van der Waals surface area contributed by atoms with Gasteiger partial charge in [0.15, 0.2) is 0 Å². The largest absolute Gasteiger partial charge is 0.461 e. The fourth-order valence-electron chi connectivity index (χ4n) is 0.960. The van der Waals surface area contributed by atoms with E-state index in [-0.39, 0.29) is 6.61 Å². The molecule has 0 saturated heterocycles. The molecule has 16 heavy (non-hydrogen) atoms. The molecule has 1 aromatic carbocycles. The molecule has 0 unspecified atom stereocenters. The quantitative estimate of drug-likeness (QED) is 0.582. The number of esters is 1. The van der Waals surface area contributed by atoms with Crippen LogP contribution in [0.25, 0.3) is 0 Å². The smallest absolute Gasteiger partial charge is 0.338 e. The Labute approximate surface area is 93.2 Å². The SMILES string of the molecule is CC(C)(COC(=O)c1ccccc1)C(=O)F. The molecule has 0 bridgehead atoms. The highest BCUT2D eigenvalue weighted by Gasteiger charge is 2.29. The highest BCUT2D eigenvalue weighted by molar-refractivity contribution is 5.89. The van der Waals surface area contributed by atoms with Gasteiger partial charge in [0.1, 0.15) is 6.61 Å². The first kappa shape index (κ1) is 12.4. The lowest BCUT2D eigenvalue weighted by molar-refractivity contribution is -0.140. The molecule has 0 aliphatic heterocycles. The zero-order chi connectivity index (χ0) is 12.2. The molecule has 0 N–H and O–H groups in total. The summed E-state index contributed by atoms with van der Waals surface area (Å²) >= 11 is 0. The first-order valence-corrected chi connectivity index (χ1v) is 4.85. The van der Waals surface area contributed by atoms with Gasteiger partial charge in [-0.3, -0.25) is 4.79 Å². The Morgan fingerprint density at radius 3 is 2.31 bits per heavy atom. The van der Waals surface area contributed by atoms with Gasteiger partial charge in [-0.2, -0.15) is 4.39 Å². The highest BCUT2D eigenvalue weighted by atomic mass is 19.1. The van der Waals surface area contributed by atoms with Crippen molar-refractivity contribution in [2.24, 2.45) is 5.41 Å². The average Bonchev–Trinajstić information content (AvgIpc) is 2.27. The van der Waals surface area contributed by atoms with Gasteiger partial charge in [0.25, 0.3) is 0 Å². The standard InChI is InChI=1S/C12H13FO3/c1-12(2,11(13)15)8-16-10(14)9-6-4-3-5-7-9/h3-7H,8H2,1-2H3. The normalized spacial score (nSPS) is 10.9. The van der Waals surface area contributed by atoms with Gasteiger partial charge in [0.2, 0.25) is 0 Å². The topological polar surface area (TPSA) is 43.4 Å². The summed E-state index contributed by atoms with van der Waals surface area (Å²) in [5.41, 5.74) is -0.908. The van der Waals surface area contributed by atoms with Crippen LogP contribution in [0.2, 0.25) is 0 Å². The van der Waals surface area contributed by atoms with E-state index in [1.165, 1.54) is 13.8 Å². The van der Waals surface area contributed by atoms with Crippen LogP contribution < -0.4 is 0 Å². The molecule has 0 aromatic heterocycles. The van der Waals surface area contributed by atoms with Crippen molar-refractivity contribution in [2.45, 2.75) is 13.8 Å². The van der Waals surface area contributed by atoms with Crippen LogP contribution in [0.5, 0.6) is 0 Å². The molecule has 0 aliphatic rings. The lowest BCUT2D eigenvalue weighted by Crippen LogP contribution is -2.28. The third kappa shape index (κ3) is 3.15.